The van der Waals surface area contributed by atoms with Gasteiger partial charge in [-0.3, -0.25) is 0 Å². The number of anilines is 1. The second kappa shape index (κ2) is 6.97. The lowest BCUT2D eigenvalue weighted by atomic mass is 10.2. The van der Waals surface area contributed by atoms with Crippen molar-refractivity contribution in [1.29, 1.82) is 5.26 Å². The molecular formula is C18H14N8O. The number of fused-ring (bicyclic) bond motifs is 1. The summed E-state index contributed by atoms with van der Waals surface area (Å²) >= 11 is 0. The quantitative estimate of drug-likeness (QED) is 0.468. The molecule has 0 saturated carbocycles. The van der Waals surface area contributed by atoms with Crippen molar-refractivity contribution in [3.8, 4) is 23.2 Å². The van der Waals surface area contributed by atoms with Crippen LogP contribution in [0.25, 0.3) is 28.0 Å². The molecular weight excluding hydrogens is 344 g/mol. The minimum Gasteiger partial charge on any atom is -0.497 e. The third-order valence-electron chi connectivity index (χ3n) is 3.94. The molecule has 0 unspecified atom stereocenters. The molecule has 27 heavy (non-hydrogen) atoms. The highest BCUT2D eigenvalue weighted by Gasteiger charge is 2.07. The van der Waals surface area contributed by atoms with E-state index in [4.69, 9.17) is 4.74 Å². The molecule has 0 fully saturated rings. The number of ether oxygens (including phenoxy) is 1. The number of rotatable bonds is 5. The summed E-state index contributed by atoms with van der Waals surface area (Å²) < 4.78 is 5.24. The van der Waals surface area contributed by atoms with E-state index in [1.165, 1.54) is 6.20 Å². The second-order valence-corrected chi connectivity index (χ2v) is 5.60. The van der Waals surface area contributed by atoms with Crippen molar-refractivity contribution in [2.75, 3.05) is 12.4 Å². The third kappa shape index (κ3) is 3.32. The second-order valence-electron chi connectivity index (χ2n) is 5.60. The van der Waals surface area contributed by atoms with Crippen molar-refractivity contribution in [2.45, 2.75) is 0 Å². The predicted molar refractivity (Wildman–Crippen MR) is 99.5 cm³/mol. The fourth-order valence-corrected chi connectivity index (χ4v) is 2.55. The van der Waals surface area contributed by atoms with E-state index >= 15 is 0 Å². The summed E-state index contributed by atoms with van der Waals surface area (Å²) in [6.07, 6.45) is 1.54. The van der Waals surface area contributed by atoms with E-state index in [0.29, 0.717) is 0 Å². The van der Waals surface area contributed by atoms with Gasteiger partial charge in [0.05, 0.1) is 18.1 Å². The number of nitriles is 1. The number of tetrazole rings is 1. The van der Waals surface area contributed by atoms with E-state index < -0.39 is 0 Å². The summed E-state index contributed by atoms with van der Waals surface area (Å²) in [6.45, 7) is 0. The summed E-state index contributed by atoms with van der Waals surface area (Å²) in [6, 6.07) is 15.4. The van der Waals surface area contributed by atoms with Crippen LogP contribution in [0, 0.1) is 11.3 Å². The van der Waals surface area contributed by atoms with Crippen LogP contribution in [-0.4, -0.2) is 37.7 Å². The van der Waals surface area contributed by atoms with E-state index in [2.05, 4.69) is 35.9 Å². The normalized spacial score (nSPS) is 11.3. The smallest absolute Gasteiger partial charge is 0.216 e. The van der Waals surface area contributed by atoms with Crippen molar-refractivity contribution < 1.29 is 4.74 Å². The average molecular weight is 358 g/mol. The Morgan fingerprint density at radius 1 is 1.22 bits per heavy atom. The number of H-pyrrole nitrogens is 2. The van der Waals surface area contributed by atoms with Gasteiger partial charge in [0.2, 0.25) is 5.82 Å². The van der Waals surface area contributed by atoms with Crippen LogP contribution < -0.4 is 10.1 Å². The highest BCUT2D eigenvalue weighted by molar-refractivity contribution is 5.81. The molecule has 2 aromatic carbocycles. The standard InChI is InChI=1S/C18H14N8O/c1-27-14-6-7-15-16(8-14)22-17(21-15)11-2-4-13(5-3-11)20-10-12(9-19)18-23-25-26-24-18/h2-8,10,20H,1H3,(H,21,22)(H,23,24,25,26). The van der Waals surface area contributed by atoms with Gasteiger partial charge in [0.15, 0.2) is 0 Å². The highest BCUT2D eigenvalue weighted by Crippen LogP contribution is 2.24. The molecule has 0 amide bonds. The van der Waals surface area contributed by atoms with Crippen LogP contribution in [0.3, 0.4) is 0 Å². The van der Waals surface area contributed by atoms with Crippen LogP contribution in [0.2, 0.25) is 0 Å². The van der Waals surface area contributed by atoms with E-state index in [9.17, 15) is 5.26 Å². The van der Waals surface area contributed by atoms with Gasteiger partial charge in [0, 0.05) is 23.5 Å². The van der Waals surface area contributed by atoms with Crippen LogP contribution in [0.5, 0.6) is 5.75 Å². The number of aromatic amines is 2. The molecule has 0 bridgehead atoms. The molecule has 9 nitrogen and oxygen atoms in total. The molecule has 9 heteroatoms. The molecule has 4 rings (SSSR count). The number of hydrogen-bond donors (Lipinski definition) is 3. The van der Waals surface area contributed by atoms with Crippen LogP contribution >= 0.6 is 0 Å². The average Bonchev–Trinajstić information content (AvgIpc) is 3.38. The Hall–Kier alpha value is -4.19. The molecule has 0 saturated heterocycles. The topological polar surface area (TPSA) is 128 Å². The summed E-state index contributed by atoms with van der Waals surface area (Å²) in [5.74, 6) is 1.78. The van der Waals surface area contributed by atoms with Gasteiger partial charge in [0.1, 0.15) is 23.2 Å². The molecule has 2 aromatic heterocycles. The van der Waals surface area contributed by atoms with Crippen molar-refractivity contribution in [3.63, 3.8) is 0 Å². The van der Waals surface area contributed by atoms with E-state index in [0.717, 1.165) is 33.9 Å². The van der Waals surface area contributed by atoms with Crippen molar-refractivity contribution in [1.82, 2.24) is 30.6 Å². The SMILES string of the molecule is COc1ccc2nc(-c3ccc(NC=C(C#N)c4nn[nH]n4)cc3)[nH]c2c1. The van der Waals surface area contributed by atoms with Gasteiger partial charge < -0.3 is 15.0 Å². The van der Waals surface area contributed by atoms with Gasteiger partial charge in [-0.25, -0.2) is 4.98 Å². The fourth-order valence-electron chi connectivity index (χ4n) is 2.55. The maximum atomic E-state index is 9.17. The first-order chi connectivity index (χ1) is 13.3. The first kappa shape index (κ1) is 16.3. The molecule has 4 aromatic rings. The van der Waals surface area contributed by atoms with Crippen LogP contribution in [0.1, 0.15) is 5.82 Å². The van der Waals surface area contributed by atoms with E-state index in [-0.39, 0.29) is 11.4 Å². The minimum atomic E-state index is 0.235. The van der Waals surface area contributed by atoms with Gasteiger partial charge in [-0.1, -0.05) is 0 Å². The van der Waals surface area contributed by atoms with Gasteiger partial charge in [-0.15, -0.1) is 10.2 Å². The lowest BCUT2D eigenvalue weighted by Crippen LogP contribution is -1.93. The minimum absolute atomic E-state index is 0.235. The molecule has 0 aliphatic heterocycles. The van der Waals surface area contributed by atoms with Gasteiger partial charge >= 0.3 is 0 Å². The molecule has 0 radical (unpaired) electrons. The summed E-state index contributed by atoms with van der Waals surface area (Å²) in [4.78, 5) is 7.89. The number of allylic oxidation sites excluding steroid dienone is 1. The number of benzene rings is 2. The lowest BCUT2D eigenvalue weighted by Gasteiger charge is -2.02. The Morgan fingerprint density at radius 2 is 2.07 bits per heavy atom. The van der Waals surface area contributed by atoms with Crippen molar-refractivity contribution >= 4 is 22.3 Å². The molecule has 0 spiro atoms. The number of hydrogen-bond acceptors (Lipinski definition) is 7. The fraction of sp³-hybridized carbons (Fsp3) is 0.0556. The van der Waals surface area contributed by atoms with Gasteiger partial charge in [0.25, 0.3) is 0 Å². The van der Waals surface area contributed by atoms with E-state index in [1.54, 1.807) is 7.11 Å². The van der Waals surface area contributed by atoms with Gasteiger partial charge in [-0.2, -0.15) is 10.5 Å². The Bertz CT molecular complexity index is 1140. The third-order valence-corrected chi connectivity index (χ3v) is 3.94. The number of nitrogens with one attached hydrogen (secondary N) is 3. The van der Waals surface area contributed by atoms with Crippen LogP contribution in [0.4, 0.5) is 5.69 Å². The van der Waals surface area contributed by atoms with Crippen molar-refractivity contribution in [2.24, 2.45) is 0 Å². The molecule has 132 valence electrons. The number of methoxy groups -OCH3 is 1. The molecule has 0 atom stereocenters. The Kier molecular flexibility index (Phi) is 4.20. The summed E-state index contributed by atoms with van der Waals surface area (Å²) in [5, 5.41) is 25.6. The van der Waals surface area contributed by atoms with Crippen LogP contribution in [0.15, 0.2) is 48.7 Å². The number of imidazole rings is 1. The summed E-state index contributed by atoms with van der Waals surface area (Å²) in [5.41, 5.74) is 3.81. The molecule has 0 aliphatic rings. The monoisotopic (exact) mass is 358 g/mol. The van der Waals surface area contributed by atoms with E-state index in [1.807, 2.05) is 48.5 Å². The first-order valence-corrected chi connectivity index (χ1v) is 8.01. The Morgan fingerprint density at radius 3 is 2.78 bits per heavy atom. The number of nitrogens with zero attached hydrogens (tertiary/aromatic N) is 5. The zero-order valence-corrected chi connectivity index (χ0v) is 14.3. The maximum absolute atomic E-state index is 9.17. The largest absolute Gasteiger partial charge is 0.497 e. The zero-order valence-electron chi connectivity index (χ0n) is 14.3. The van der Waals surface area contributed by atoms with Crippen molar-refractivity contribution in [3.05, 3.63) is 54.5 Å². The predicted octanol–water partition coefficient (Wildman–Crippen LogP) is 2.73. The lowest BCUT2D eigenvalue weighted by molar-refractivity contribution is 0.415. The summed E-state index contributed by atoms with van der Waals surface area (Å²) in [7, 11) is 1.63. The first-order valence-electron chi connectivity index (χ1n) is 8.01. The molecule has 3 N–H and O–H groups in total. The number of aromatic nitrogens is 6. The molecule has 0 aliphatic carbocycles. The Labute approximate surface area is 153 Å². The van der Waals surface area contributed by atoms with Crippen LogP contribution in [-0.2, 0) is 0 Å². The Balaban J connectivity index is 1.55. The highest BCUT2D eigenvalue weighted by atomic mass is 16.5. The zero-order chi connectivity index (χ0) is 18.6. The van der Waals surface area contributed by atoms with Gasteiger partial charge in [-0.05, 0) is 41.6 Å². The molecule has 2 heterocycles. The maximum Gasteiger partial charge on any atom is 0.216 e.